The van der Waals surface area contributed by atoms with Crippen molar-refractivity contribution >= 4 is 45.4 Å². The first-order valence-electron chi connectivity index (χ1n) is 11.5. The quantitative estimate of drug-likeness (QED) is 0.212. The number of halogens is 3. The molecule has 13 heteroatoms. The molecule has 0 aliphatic carbocycles. The van der Waals surface area contributed by atoms with Gasteiger partial charge in [-0.2, -0.15) is 18.2 Å². The Bertz CT molecular complexity index is 1630. The van der Waals surface area contributed by atoms with Crippen molar-refractivity contribution < 1.29 is 18.0 Å². The summed E-state index contributed by atoms with van der Waals surface area (Å²) in [5.74, 6) is 0.270. The van der Waals surface area contributed by atoms with Gasteiger partial charge in [-0.15, -0.1) is 11.3 Å². The molecule has 0 aliphatic heterocycles. The van der Waals surface area contributed by atoms with E-state index in [1.165, 1.54) is 28.3 Å². The molecule has 0 radical (unpaired) electrons. The maximum absolute atomic E-state index is 13.6. The van der Waals surface area contributed by atoms with Crippen molar-refractivity contribution in [1.82, 2.24) is 24.5 Å². The monoisotopic (exact) mass is 550 g/mol. The van der Waals surface area contributed by atoms with Gasteiger partial charge in [0.2, 0.25) is 5.95 Å². The van der Waals surface area contributed by atoms with Gasteiger partial charge in [-0.3, -0.25) is 9.78 Å². The Kier molecular flexibility index (Phi) is 6.98. The molecule has 5 aromatic rings. The molecule has 198 valence electrons. The average Bonchev–Trinajstić information content (AvgIpc) is 3.56. The van der Waals surface area contributed by atoms with Gasteiger partial charge in [0.15, 0.2) is 0 Å². The van der Waals surface area contributed by atoms with E-state index < -0.39 is 17.6 Å². The Hall–Kier alpha value is -4.78. The molecule has 2 aromatic carbocycles. The molecule has 0 fully saturated rings. The zero-order valence-electron chi connectivity index (χ0n) is 20.6. The number of carbonyl (C=O) groups is 1. The SMILES string of the molecule is Cc1cn(-c2cc(NC(=O)c3ccc(C)c(Nc4nccc(Nc5cncs5)n4)c3)cc(C(F)(F)F)c2)cn1. The van der Waals surface area contributed by atoms with Crippen LogP contribution in [0.15, 0.2) is 72.9 Å². The van der Waals surface area contributed by atoms with Gasteiger partial charge in [0.25, 0.3) is 5.91 Å². The Morgan fingerprint density at radius 1 is 1.03 bits per heavy atom. The zero-order valence-corrected chi connectivity index (χ0v) is 21.4. The van der Waals surface area contributed by atoms with Crippen molar-refractivity contribution in [3.63, 3.8) is 0 Å². The normalized spacial score (nSPS) is 11.3. The van der Waals surface area contributed by atoms with Crippen molar-refractivity contribution in [1.29, 1.82) is 0 Å². The number of alkyl halides is 3. The lowest BCUT2D eigenvalue weighted by atomic mass is 10.1. The van der Waals surface area contributed by atoms with Gasteiger partial charge in [0.05, 0.1) is 29.3 Å². The van der Waals surface area contributed by atoms with E-state index in [9.17, 15) is 18.0 Å². The van der Waals surface area contributed by atoms with E-state index >= 15 is 0 Å². The van der Waals surface area contributed by atoms with Crippen LogP contribution in [-0.2, 0) is 6.18 Å². The highest BCUT2D eigenvalue weighted by atomic mass is 32.1. The van der Waals surface area contributed by atoms with Gasteiger partial charge in [-0.05, 0) is 55.8 Å². The van der Waals surface area contributed by atoms with Gasteiger partial charge in [-0.25, -0.2) is 9.97 Å². The van der Waals surface area contributed by atoms with Gasteiger partial charge in [0.1, 0.15) is 10.8 Å². The summed E-state index contributed by atoms with van der Waals surface area (Å²) in [6, 6.07) is 9.96. The summed E-state index contributed by atoms with van der Waals surface area (Å²) in [5, 5.41) is 9.63. The third kappa shape index (κ3) is 6.21. The fraction of sp³-hybridized carbons (Fsp3) is 0.115. The van der Waals surface area contributed by atoms with Crippen LogP contribution in [0, 0.1) is 13.8 Å². The van der Waals surface area contributed by atoms with Crippen molar-refractivity contribution in [2.45, 2.75) is 20.0 Å². The van der Waals surface area contributed by atoms with Gasteiger partial charge in [0, 0.05) is 35.0 Å². The number of nitrogens with one attached hydrogen (secondary N) is 3. The standard InChI is InChI=1S/C26H21F3N8OS/c1-15-3-4-17(7-21(15)34-25-31-6-5-22(36-25)35-23-11-30-14-39-23)24(38)33-19-8-18(26(27,28)29)9-20(10-19)37-12-16(2)32-13-37/h3-14H,1-2H3,(H,33,38)(H2,31,34,35,36). The predicted octanol–water partition coefficient (Wildman–Crippen LogP) is 6.49. The number of hydrogen-bond acceptors (Lipinski definition) is 8. The number of aromatic nitrogens is 5. The summed E-state index contributed by atoms with van der Waals surface area (Å²) in [6.07, 6.45) is 1.67. The number of imidazole rings is 1. The molecule has 0 spiro atoms. The van der Waals surface area contributed by atoms with Crippen LogP contribution in [0.5, 0.6) is 0 Å². The lowest BCUT2D eigenvalue weighted by Gasteiger charge is -2.14. The summed E-state index contributed by atoms with van der Waals surface area (Å²) in [4.78, 5) is 29.8. The third-order valence-electron chi connectivity index (χ3n) is 5.60. The molecule has 3 N–H and O–H groups in total. The minimum Gasteiger partial charge on any atom is -0.330 e. The lowest BCUT2D eigenvalue weighted by Crippen LogP contribution is -2.14. The van der Waals surface area contributed by atoms with E-state index in [0.717, 1.165) is 22.7 Å². The number of rotatable bonds is 7. The van der Waals surface area contributed by atoms with E-state index in [0.29, 0.717) is 23.1 Å². The highest BCUT2D eigenvalue weighted by Gasteiger charge is 2.31. The lowest BCUT2D eigenvalue weighted by molar-refractivity contribution is -0.137. The van der Waals surface area contributed by atoms with E-state index in [-0.39, 0.29) is 16.9 Å². The van der Waals surface area contributed by atoms with Crippen LogP contribution in [0.4, 0.5) is 41.3 Å². The molecule has 0 bridgehead atoms. The molecule has 3 heterocycles. The van der Waals surface area contributed by atoms with Crippen molar-refractivity contribution in [2.24, 2.45) is 0 Å². The fourth-order valence-electron chi connectivity index (χ4n) is 3.67. The number of nitrogens with zero attached hydrogens (tertiary/aromatic N) is 5. The number of aryl methyl sites for hydroxylation is 2. The van der Waals surface area contributed by atoms with E-state index in [1.807, 2.05) is 6.92 Å². The molecular weight excluding hydrogens is 529 g/mol. The smallest absolute Gasteiger partial charge is 0.330 e. The molecule has 9 nitrogen and oxygen atoms in total. The second-order valence-electron chi connectivity index (χ2n) is 8.55. The molecule has 5 rings (SSSR count). The fourth-order valence-corrected chi connectivity index (χ4v) is 4.19. The molecule has 0 aliphatic rings. The van der Waals surface area contributed by atoms with Crippen LogP contribution in [-0.4, -0.2) is 30.4 Å². The first-order chi connectivity index (χ1) is 18.6. The molecule has 1 amide bonds. The van der Waals surface area contributed by atoms with Gasteiger partial charge < -0.3 is 20.5 Å². The number of hydrogen-bond donors (Lipinski definition) is 3. The zero-order chi connectivity index (χ0) is 27.6. The van der Waals surface area contributed by atoms with Crippen molar-refractivity contribution in [3.8, 4) is 5.69 Å². The van der Waals surface area contributed by atoms with Crippen molar-refractivity contribution in [3.05, 3.63) is 95.3 Å². The molecule has 39 heavy (non-hydrogen) atoms. The Labute approximate surface area is 224 Å². The minimum atomic E-state index is -4.60. The second-order valence-corrected chi connectivity index (χ2v) is 9.44. The molecule has 0 atom stereocenters. The summed E-state index contributed by atoms with van der Waals surface area (Å²) < 4.78 is 42.3. The number of thiazole rings is 1. The van der Waals surface area contributed by atoms with Crippen LogP contribution in [0.3, 0.4) is 0 Å². The Morgan fingerprint density at radius 2 is 1.87 bits per heavy atom. The first kappa shape index (κ1) is 25.9. The van der Waals surface area contributed by atoms with Gasteiger partial charge >= 0.3 is 6.18 Å². The number of anilines is 5. The summed E-state index contributed by atoms with van der Waals surface area (Å²) in [6.45, 7) is 3.57. The van der Waals surface area contributed by atoms with Crippen LogP contribution in [0.25, 0.3) is 5.69 Å². The Morgan fingerprint density at radius 3 is 2.59 bits per heavy atom. The molecule has 0 saturated carbocycles. The minimum absolute atomic E-state index is 0.00330. The maximum Gasteiger partial charge on any atom is 0.416 e. The summed E-state index contributed by atoms with van der Waals surface area (Å²) >= 11 is 1.42. The molecule has 3 aromatic heterocycles. The van der Waals surface area contributed by atoms with Crippen LogP contribution < -0.4 is 16.0 Å². The van der Waals surface area contributed by atoms with E-state index in [1.54, 1.807) is 55.3 Å². The maximum atomic E-state index is 13.6. The number of carbonyl (C=O) groups excluding carboxylic acids is 1. The van der Waals surface area contributed by atoms with Crippen LogP contribution in [0.1, 0.15) is 27.2 Å². The topological polar surface area (TPSA) is 110 Å². The molecular formula is C26H21F3N8OS. The van der Waals surface area contributed by atoms with Crippen molar-refractivity contribution in [2.75, 3.05) is 16.0 Å². The average molecular weight is 551 g/mol. The van der Waals surface area contributed by atoms with Gasteiger partial charge in [-0.1, -0.05) is 6.07 Å². The Balaban J connectivity index is 1.38. The highest BCUT2D eigenvalue weighted by Crippen LogP contribution is 2.33. The third-order valence-corrected chi connectivity index (χ3v) is 6.29. The number of amides is 1. The predicted molar refractivity (Wildman–Crippen MR) is 143 cm³/mol. The van der Waals surface area contributed by atoms with E-state index in [2.05, 4.69) is 35.9 Å². The van der Waals surface area contributed by atoms with Crippen LogP contribution >= 0.6 is 11.3 Å². The molecule has 0 unspecified atom stereocenters. The largest absolute Gasteiger partial charge is 0.416 e. The highest BCUT2D eigenvalue weighted by molar-refractivity contribution is 7.13. The first-order valence-corrected chi connectivity index (χ1v) is 12.4. The summed E-state index contributed by atoms with van der Waals surface area (Å²) in [5.41, 5.74) is 3.28. The summed E-state index contributed by atoms with van der Waals surface area (Å²) in [7, 11) is 0. The number of benzene rings is 2. The van der Waals surface area contributed by atoms with E-state index in [4.69, 9.17) is 0 Å². The van der Waals surface area contributed by atoms with Crippen LogP contribution in [0.2, 0.25) is 0 Å². The second kappa shape index (κ2) is 10.5. The molecule has 0 saturated heterocycles.